The van der Waals surface area contributed by atoms with Gasteiger partial charge in [0.15, 0.2) is 4.77 Å². The third-order valence-corrected chi connectivity index (χ3v) is 2.66. The Kier molecular flexibility index (Phi) is 2.89. The predicted molar refractivity (Wildman–Crippen MR) is 65.1 cm³/mol. The maximum atomic E-state index is 12.0. The number of fused-ring (bicyclic) bond motifs is 1. The molecule has 1 aromatic carbocycles. The van der Waals surface area contributed by atoms with E-state index in [4.69, 9.17) is 12.2 Å². The number of rotatable bonds is 2. The van der Waals surface area contributed by atoms with Crippen LogP contribution in [-0.2, 0) is 6.54 Å². The fourth-order valence-electron chi connectivity index (χ4n) is 1.63. The van der Waals surface area contributed by atoms with E-state index in [0.717, 1.165) is 5.52 Å². The highest BCUT2D eigenvalue weighted by Crippen LogP contribution is 2.06. The molecule has 4 nitrogen and oxygen atoms in total. The number of aromatic nitrogens is 2. The molecule has 2 rings (SSSR count). The Labute approximate surface area is 97.2 Å². The van der Waals surface area contributed by atoms with Gasteiger partial charge in [-0.05, 0) is 31.3 Å². The highest BCUT2D eigenvalue weighted by atomic mass is 32.1. The monoisotopic (exact) mass is 236 g/mol. The van der Waals surface area contributed by atoms with Crippen LogP contribution in [0.25, 0.3) is 10.9 Å². The van der Waals surface area contributed by atoms with Crippen LogP contribution in [0.3, 0.4) is 0 Å². The fourth-order valence-corrected chi connectivity index (χ4v) is 1.90. The maximum Gasteiger partial charge on any atom is 0.262 e. The molecule has 0 aliphatic carbocycles. The molecule has 1 aromatic heterocycles. The van der Waals surface area contributed by atoms with Gasteiger partial charge in [0.25, 0.3) is 5.56 Å². The summed E-state index contributed by atoms with van der Waals surface area (Å²) in [4.78, 5) is 15.0. The van der Waals surface area contributed by atoms with Gasteiger partial charge in [-0.2, -0.15) is 0 Å². The highest BCUT2D eigenvalue weighted by molar-refractivity contribution is 7.71. The summed E-state index contributed by atoms with van der Waals surface area (Å²) < 4.78 is 1.71. The zero-order valence-electron chi connectivity index (χ0n) is 8.80. The molecule has 16 heavy (non-hydrogen) atoms. The molecule has 2 N–H and O–H groups in total. The third kappa shape index (κ3) is 1.91. The van der Waals surface area contributed by atoms with Crippen molar-refractivity contribution in [2.45, 2.75) is 19.6 Å². The first-order valence-corrected chi connectivity index (χ1v) is 5.40. The van der Waals surface area contributed by atoms with Gasteiger partial charge in [-0.15, -0.1) is 0 Å². The van der Waals surface area contributed by atoms with Gasteiger partial charge in [-0.25, -0.2) is 0 Å². The van der Waals surface area contributed by atoms with Crippen LogP contribution in [0.2, 0.25) is 0 Å². The van der Waals surface area contributed by atoms with Gasteiger partial charge in [0.05, 0.1) is 23.6 Å². The summed E-state index contributed by atoms with van der Waals surface area (Å²) in [5.74, 6) is 0. The number of aromatic amines is 1. The summed E-state index contributed by atoms with van der Waals surface area (Å²) in [6.45, 7) is 1.83. The Morgan fingerprint density at radius 2 is 2.19 bits per heavy atom. The number of benzene rings is 1. The van der Waals surface area contributed by atoms with Crippen molar-refractivity contribution in [2.24, 2.45) is 0 Å². The molecule has 0 saturated carbocycles. The van der Waals surface area contributed by atoms with E-state index in [2.05, 4.69) is 4.98 Å². The Morgan fingerprint density at radius 1 is 1.50 bits per heavy atom. The van der Waals surface area contributed by atoms with E-state index < -0.39 is 6.10 Å². The van der Waals surface area contributed by atoms with Gasteiger partial charge in [0.2, 0.25) is 0 Å². The molecular formula is C11H12N2O2S. The number of hydrogen-bond acceptors (Lipinski definition) is 3. The van der Waals surface area contributed by atoms with E-state index in [-0.39, 0.29) is 12.1 Å². The van der Waals surface area contributed by atoms with E-state index in [1.54, 1.807) is 25.1 Å². The van der Waals surface area contributed by atoms with Crippen LogP contribution >= 0.6 is 12.2 Å². The molecule has 1 unspecified atom stereocenters. The average Bonchev–Trinajstić information content (AvgIpc) is 2.24. The number of aliphatic hydroxyl groups excluding tert-OH is 1. The summed E-state index contributed by atoms with van der Waals surface area (Å²) in [6, 6.07) is 7.18. The smallest absolute Gasteiger partial charge is 0.262 e. The van der Waals surface area contributed by atoms with Crippen LogP contribution in [0.15, 0.2) is 29.1 Å². The van der Waals surface area contributed by atoms with E-state index in [1.807, 2.05) is 6.07 Å². The number of aliphatic hydroxyl groups is 1. The molecule has 0 radical (unpaired) electrons. The molecule has 0 amide bonds. The lowest BCUT2D eigenvalue weighted by Gasteiger charge is -2.09. The predicted octanol–water partition coefficient (Wildman–Crippen LogP) is 1.44. The van der Waals surface area contributed by atoms with Gasteiger partial charge >= 0.3 is 0 Å². The normalized spacial score (nSPS) is 12.9. The Morgan fingerprint density at radius 3 is 2.88 bits per heavy atom. The maximum absolute atomic E-state index is 12.0. The van der Waals surface area contributed by atoms with Crippen molar-refractivity contribution in [3.63, 3.8) is 0 Å². The van der Waals surface area contributed by atoms with Crippen molar-refractivity contribution in [3.8, 4) is 0 Å². The Balaban J connectivity index is 2.76. The van der Waals surface area contributed by atoms with Crippen molar-refractivity contribution in [3.05, 3.63) is 39.4 Å². The van der Waals surface area contributed by atoms with Gasteiger partial charge < -0.3 is 10.1 Å². The second-order valence-electron chi connectivity index (χ2n) is 3.74. The first kappa shape index (κ1) is 11.0. The Bertz CT molecular complexity index is 628. The minimum absolute atomic E-state index is 0.166. The van der Waals surface area contributed by atoms with Crippen molar-refractivity contribution in [1.29, 1.82) is 0 Å². The zero-order valence-corrected chi connectivity index (χ0v) is 9.62. The molecule has 0 saturated heterocycles. The van der Waals surface area contributed by atoms with Crippen LogP contribution in [0, 0.1) is 4.77 Å². The largest absolute Gasteiger partial charge is 0.392 e. The standard InChI is InChI=1S/C11H12N2O2S/c1-7(14)6-13-10(15)8-4-2-3-5-9(8)12-11(13)16/h2-5,7,14H,6H2,1H3,(H,12,16). The quantitative estimate of drug-likeness (QED) is 0.776. The molecule has 0 bridgehead atoms. The molecule has 84 valence electrons. The molecule has 2 aromatic rings. The lowest BCUT2D eigenvalue weighted by atomic mass is 10.2. The number of H-pyrrole nitrogens is 1. The summed E-state index contributed by atoms with van der Waals surface area (Å²) in [5.41, 5.74) is 0.555. The number of nitrogens with one attached hydrogen (secondary N) is 1. The average molecular weight is 236 g/mol. The molecule has 5 heteroatoms. The molecule has 0 spiro atoms. The van der Waals surface area contributed by atoms with Gasteiger partial charge in [-0.1, -0.05) is 12.1 Å². The number of hydrogen-bond donors (Lipinski definition) is 2. The minimum atomic E-state index is -0.603. The third-order valence-electron chi connectivity index (χ3n) is 2.34. The van der Waals surface area contributed by atoms with Gasteiger partial charge in [-0.3, -0.25) is 9.36 Å². The van der Waals surface area contributed by atoms with Crippen molar-refractivity contribution in [2.75, 3.05) is 0 Å². The first-order valence-electron chi connectivity index (χ1n) is 4.99. The lowest BCUT2D eigenvalue weighted by molar-refractivity contribution is 0.171. The van der Waals surface area contributed by atoms with Crippen molar-refractivity contribution < 1.29 is 5.11 Å². The van der Waals surface area contributed by atoms with Crippen molar-refractivity contribution in [1.82, 2.24) is 9.55 Å². The summed E-state index contributed by atoms with van der Waals surface area (Å²) in [7, 11) is 0. The lowest BCUT2D eigenvalue weighted by Crippen LogP contribution is -2.26. The van der Waals surface area contributed by atoms with Crippen LogP contribution in [0.1, 0.15) is 6.92 Å². The second kappa shape index (κ2) is 4.19. The first-order chi connectivity index (χ1) is 7.59. The van der Waals surface area contributed by atoms with Gasteiger partial charge in [0.1, 0.15) is 0 Å². The minimum Gasteiger partial charge on any atom is -0.392 e. The van der Waals surface area contributed by atoms with E-state index in [0.29, 0.717) is 10.2 Å². The Hall–Kier alpha value is -1.46. The summed E-state index contributed by atoms with van der Waals surface area (Å²) in [5, 5.41) is 9.89. The molecule has 0 aliphatic heterocycles. The molecular weight excluding hydrogens is 224 g/mol. The van der Waals surface area contributed by atoms with Crippen LogP contribution in [0.4, 0.5) is 0 Å². The molecule has 0 aliphatic rings. The topological polar surface area (TPSA) is 58.0 Å². The van der Waals surface area contributed by atoms with Crippen LogP contribution in [0.5, 0.6) is 0 Å². The summed E-state index contributed by atoms with van der Waals surface area (Å²) in [6.07, 6.45) is -0.603. The SMILES string of the molecule is CC(O)Cn1c(=S)[nH]c2ccccc2c1=O. The van der Waals surface area contributed by atoms with E-state index in [1.165, 1.54) is 4.57 Å². The molecule has 1 atom stereocenters. The molecule has 1 heterocycles. The van der Waals surface area contributed by atoms with E-state index in [9.17, 15) is 9.90 Å². The number of para-hydroxylation sites is 1. The molecule has 0 fully saturated rings. The number of nitrogens with zero attached hydrogens (tertiary/aromatic N) is 1. The van der Waals surface area contributed by atoms with Crippen LogP contribution < -0.4 is 5.56 Å². The van der Waals surface area contributed by atoms with E-state index >= 15 is 0 Å². The second-order valence-corrected chi connectivity index (χ2v) is 4.13. The fraction of sp³-hybridized carbons (Fsp3) is 0.273. The van der Waals surface area contributed by atoms with Crippen molar-refractivity contribution >= 4 is 23.1 Å². The summed E-state index contributed by atoms with van der Waals surface area (Å²) >= 11 is 5.08. The zero-order chi connectivity index (χ0) is 11.7. The van der Waals surface area contributed by atoms with Crippen LogP contribution in [-0.4, -0.2) is 20.8 Å². The highest BCUT2D eigenvalue weighted by Gasteiger charge is 2.06. The van der Waals surface area contributed by atoms with Gasteiger partial charge in [0, 0.05) is 0 Å².